The molecule has 0 aliphatic carbocycles. The molecular formula is C20H17N5O3S. The summed E-state index contributed by atoms with van der Waals surface area (Å²) in [5, 5.41) is 14.2. The molecule has 9 heteroatoms. The van der Waals surface area contributed by atoms with Crippen molar-refractivity contribution < 1.29 is 13.2 Å². The number of nitrogens with zero attached hydrogens (tertiary/aromatic N) is 2. The van der Waals surface area contributed by atoms with Crippen molar-refractivity contribution in [3.05, 3.63) is 84.2 Å². The number of pyridine rings is 1. The first kappa shape index (κ1) is 19.9. The van der Waals surface area contributed by atoms with E-state index in [0.29, 0.717) is 23.5 Å². The highest BCUT2D eigenvalue weighted by Crippen LogP contribution is 2.18. The molecule has 8 nitrogen and oxygen atoms in total. The van der Waals surface area contributed by atoms with Crippen LogP contribution < -0.4 is 15.4 Å². The predicted molar refractivity (Wildman–Crippen MR) is 109 cm³/mol. The molecule has 0 bridgehead atoms. The number of amides is 2. The van der Waals surface area contributed by atoms with Gasteiger partial charge in [-0.2, -0.15) is 5.26 Å². The molecule has 29 heavy (non-hydrogen) atoms. The minimum Gasteiger partial charge on any atom is -0.334 e. The van der Waals surface area contributed by atoms with Crippen LogP contribution in [0.5, 0.6) is 0 Å². The standard InChI is InChI=1S/C20H17N5O3S/c21-12-15-3-9-19(10-4-15)29(27,28)25-18-7-5-17(6-8-18)24-20(26)23-14-16-2-1-11-22-13-16/h1-11,13,25H,14H2,(H2,23,24,26). The Bertz CT molecular complexity index is 1120. The molecule has 3 aromatic rings. The van der Waals surface area contributed by atoms with Gasteiger partial charge >= 0.3 is 6.03 Å². The van der Waals surface area contributed by atoms with Gasteiger partial charge in [0.2, 0.25) is 0 Å². The molecule has 146 valence electrons. The first-order valence-corrected chi connectivity index (χ1v) is 10.0. The maximum absolute atomic E-state index is 12.4. The van der Waals surface area contributed by atoms with E-state index < -0.39 is 10.0 Å². The zero-order chi connectivity index (χ0) is 20.7. The van der Waals surface area contributed by atoms with Crippen LogP contribution in [0.1, 0.15) is 11.1 Å². The van der Waals surface area contributed by atoms with Crippen LogP contribution in [0.25, 0.3) is 0 Å². The Labute approximate surface area is 168 Å². The van der Waals surface area contributed by atoms with Crippen LogP contribution in [-0.2, 0) is 16.6 Å². The summed E-state index contributed by atoms with van der Waals surface area (Å²) in [6.07, 6.45) is 3.32. The third-order valence-electron chi connectivity index (χ3n) is 3.86. The Balaban J connectivity index is 1.58. The van der Waals surface area contributed by atoms with E-state index in [1.165, 1.54) is 36.4 Å². The Kier molecular flexibility index (Phi) is 6.06. The molecule has 0 aliphatic heterocycles. The van der Waals surface area contributed by atoms with Gasteiger partial charge in [-0.15, -0.1) is 0 Å². The van der Waals surface area contributed by atoms with E-state index in [1.807, 2.05) is 12.1 Å². The molecule has 2 amide bonds. The third-order valence-corrected chi connectivity index (χ3v) is 5.26. The second-order valence-electron chi connectivity index (χ2n) is 5.99. The van der Waals surface area contributed by atoms with Crippen molar-refractivity contribution in [3.63, 3.8) is 0 Å². The van der Waals surface area contributed by atoms with Gasteiger partial charge in [0.05, 0.1) is 16.5 Å². The number of sulfonamides is 1. The van der Waals surface area contributed by atoms with E-state index in [2.05, 4.69) is 20.3 Å². The summed E-state index contributed by atoms with van der Waals surface area (Å²) in [5.74, 6) is 0. The SMILES string of the molecule is N#Cc1ccc(S(=O)(=O)Nc2ccc(NC(=O)NCc3cccnc3)cc2)cc1. The third kappa shape index (κ3) is 5.54. The van der Waals surface area contributed by atoms with Gasteiger partial charge < -0.3 is 10.6 Å². The van der Waals surface area contributed by atoms with Crippen molar-refractivity contribution in [1.29, 1.82) is 5.26 Å². The van der Waals surface area contributed by atoms with Crippen molar-refractivity contribution in [2.24, 2.45) is 0 Å². The fourth-order valence-electron chi connectivity index (χ4n) is 2.40. The molecule has 0 spiro atoms. The topological polar surface area (TPSA) is 124 Å². The van der Waals surface area contributed by atoms with Crippen LogP contribution in [0.15, 0.2) is 78.0 Å². The molecule has 0 radical (unpaired) electrons. The van der Waals surface area contributed by atoms with Gasteiger partial charge in [0.25, 0.3) is 10.0 Å². The van der Waals surface area contributed by atoms with Crippen LogP contribution >= 0.6 is 0 Å². The van der Waals surface area contributed by atoms with Crippen LogP contribution in [0, 0.1) is 11.3 Å². The minimum absolute atomic E-state index is 0.0495. The van der Waals surface area contributed by atoms with Crippen LogP contribution in [-0.4, -0.2) is 19.4 Å². The van der Waals surface area contributed by atoms with Gasteiger partial charge in [-0.3, -0.25) is 9.71 Å². The highest BCUT2D eigenvalue weighted by atomic mass is 32.2. The Morgan fingerprint density at radius 3 is 2.31 bits per heavy atom. The zero-order valence-corrected chi connectivity index (χ0v) is 16.0. The highest BCUT2D eigenvalue weighted by Gasteiger charge is 2.14. The molecule has 2 aromatic carbocycles. The summed E-state index contributed by atoms with van der Waals surface area (Å²) in [6.45, 7) is 0.335. The molecule has 3 rings (SSSR count). The van der Waals surface area contributed by atoms with Crippen molar-refractivity contribution in [2.75, 3.05) is 10.0 Å². The number of aromatic nitrogens is 1. The molecule has 0 saturated heterocycles. The molecular weight excluding hydrogens is 390 g/mol. The Morgan fingerprint density at radius 2 is 1.69 bits per heavy atom. The smallest absolute Gasteiger partial charge is 0.319 e. The van der Waals surface area contributed by atoms with E-state index in [9.17, 15) is 13.2 Å². The normalized spacial score (nSPS) is 10.6. The number of benzene rings is 2. The number of nitrogens with one attached hydrogen (secondary N) is 3. The summed E-state index contributed by atoms with van der Waals surface area (Å²) in [5.41, 5.74) is 2.10. The minimum atomic E-state index is -3.78. The summed E-state index contributed by atoms with van der Waals surface area (Å²) >= 11 is 0. The van der Waals surface area contributed by atoms with E-state index in [1.54, 1.807) is 30.6 Å². The quantitative estimate of drug-likeness (QED) is 0.579. The molecule has 1 heterocycles. The Hall–Kier alpha value is -3.90. The van der Waals surface area contributed by atoms with Gasteiger partial charge in [0.15, 0.2) is 0 Å². The first-order valence-electron chi connectivity index (χ1n) is 8.53. The van der Waals surface area contributed by atoms with Crippen LogP contribution in [0.3, 0.4) is 0 Å². The van der Waals surface area contributed by atoms with Gasteiger partial charge in [0.1, 0.15) is 0 Å². The van der Waals surface area contributed by atoms with E-state index in [-0.39, 0.29) is 10.9 Å². The largest absolute Gasteiger partial charge is 0.334 e. The fraction of sp³-hybridized carbons (Fsp3) is 0.0500. The van der Waals surface area contributed by atoms with Crippen molar-refractivity contribution in [2.45, 2.75) is 11.4 Å². The van der Waals surface area contributed by atoms with E-state index in [4.69, 9.17) is 5.26 Å². The number of rotatable bonds is 6. The lowest BCUT2D eigenvalue weighted by molar-refractivity contribution is 0.251. The summed E-state index contributed by atoms with van der Waals surface area (Å²) in [4.78, 5) is 16.0. The average molecular weight is 407 g/mol. The number of hydrogen-bond donors (Lipinski definition) is 3. The van der Waals surface area contributed by atoms with E-state index >= 15 is 0 Å². The molecule has 0 fully saturated rings. The second-order valence-corrected chi connectivity index (χ2v) is 7.67. The monoisotopic (exact) mass is 407 g/mol. The highest BCUT2D eigenvalue weighted by molar-refractivity contribution is 7.92. The first-order chi connectivity index (χ1) is 14.0. The zero-order valence-electron chi connectivity index (χ0n) is 15.2. The number of hydrogen-bond acceptors (Lipinski definition) is 5. The molecule has 0 atom stereocenters. The Morgan fingerprint density at radius 1 is 1.00 bits per heavy atom. The number of nitriles is 1. The summed E-state index contributed by atoms with van der Waals surface area (Å²) < 4.78 is 27.3. The van der Waals surface area contributed by atoms with Crippen LogP contribution in [0.4, 0.5) is 16.2 Å². The van der Waals surface area contributed by atoms with Crippen molar-refractivity contribution in [3.8, 4) is 6.07 Å². The molecule has 0 saturated carbocycles. The molecule has 3 N–H and O–H groups in total. The van der Waals surface area contributed by atoms with Gasteiger partial charge in [-0.05, 0) is 60.2 Å². The van der Waals surface area contributed by atoms with Crippen molar-refractivity contribution in [1.82, 2.24) is 10.3 Å². The van der Waals surface area contributed by atoms with Gasteiger partial charge in [-0.1, -0.05) is 6.07 Å². The lowest BCUT2D eigenvalue weighted by Gasteiger charge is -2.10. The van der Waals surface area contributed by atoms with Crippen LogP contribution in [0.2, 0.25) is 0 Å². The van der Waals surface area contributed by atoms with Crippen molar-refractivity contribution >= 4 is 27.4 Å². The summed E-state index contributed by atoms with van der Waals surface area (Å²) in [6, 6.07) is 17.0. The number of carbonyl (C=O) groups is 1. The maximum atomic E-state index is 12.4. The molecule has 0 aliphatic rings. The molecule has 1 aromatic heterocycles. The number of carbonyl (C=O) groups excluding carboxylic acids is 1. The van der Waals surface area contributed by atoms with Gasteiger partial charge in [-0.25, -0.2) is 13.2 Å². The summed E-state index contributed by atoms with van der Waals surface area (Å²) in [7, 11) is -3.78. The number of urea groups is 1. The average Bonchev–Trinajstić information content (AvgIpc) is 2.74. The second kappa shape index (κ2) is 8.86. The number of anilines is 2. The van der Waals surface area contributed by atoms with Gasteiger partial charge in [0, 0.05) is 30.3 Å². The van der Waals surface area contributed by atoms with E-state index in [0.717, 1.165) is 5.56 Å². The molecule has 0 unspecified atom stereocenters. The maximum Gasteiger partial charge on any atom is 0.319 e. The predicted octanol–water partition coefficient (Wildman–Crippen LogP) is 3.08. The lowest BCUT2D eigenvalue weighted by atomic mass is 10.2. The lowest BCUT2D eigenvalue weighted by Crippen LogP contribution is -2.28. The fourth-order valence-corrected chi connectivity index (χ4v) is 3.46.